The van der Waals surface area contributed by atoms with E-state index in [1.165, 1.54) is 17.1 Å². The van der Waals surface area contributed by atoms with Gasteiger partial charge in [-0.3, -0.25) is 4.79 Å². The third-order valence-electron chi connectivity index (χ3n) is 4.14. The van der Waals surface area contributed by atoms with Gasteiger partial charge in [0.1, 0.15) is 0 Å². The smallest absolute Gasteiger partial charge is 0.392 e. The zero-order valence-corrected chi connectivity index (χ0v) is 19.2. The summed E-state index contributed by atoms with van der Waals surface area (Å²) in [4.78, 5) is 33.5. The largest absolute Gasteiger partial charge is 0.478 e. The van der Waals surface area contributed by atoms with Crippen molar-refractivity contribution in [3.05, 3.63) is 65.5 Å². The van der Waals surface area contributed by atoms with E-state index in [2.05, 4.69) is 20.8 Å². The number of benzene rings is 1. The monoisotopic (exact) mass is 428 g/mol. The molecule has 2 aromatic rings. The van der Waals surface area contributed by atoms with E-state index in [-0.39, 0.29) is 29.9 Å². The molecule has 0 atom stereocenters. The van der Waals surface area contributed by atoms with Gasteiger partial charge in [0.25, 0.3) is 0 Å². The first-order chi connectivity index (χ1) is 13.7. The minimum atomic E-state index is -0.868. The molecule has 0 unspecified atom stereocenters. The van der Waals surface area contributed by atoms with Crippen molar-refractivity contribution in [2.75, 3.05) is 0 Å². The summed E-state index contributed by atoms with van der Waals surface area (Å²) in [6, 6.07) is 10.4. The van der Waals surface area contributed by atoms with E-state index in [9.17, 15) is 14.4 Å². The summed E-state index contributed by atoms with van der Waals surface area (Å²) in [6.07, 6.45) is 4.74. The van der Waals surface area contributed by atoms with Crippen LogP contribution in [0.5, 0.6) is 0 Å². The average Bonchev–Trinajstić information content (AvgIpc) is 2.60. The van der Waals surface area contributed by atoms with Crippen LogP contribution in [-0.4, -0.2) is 22.8 Å². The summed E-state index contributed by atoms with van der Waals surface area (Å²) in [7, 11) is 0. The third-order valence-corrected chi connectivity index (χ3v) is 4.14. The van der Waals surface area contributed by atoms with Crippen molar-refractivity contribution in [1.82, 2.24) is 0 Å². The fourth-order valence-corrected chi connectivity index (χ4v) is 2.75. The normalized spacial score (nSPS) is 10.9. The number of rotatable bonds is 4. The molecule has 0 saturated carbocycles. The van der Waals surface area contributed by atoms with Crippen molar-refractivity contribution < 1.29 is 24.1 Å². The number of carboxylic acid groups (broad SMARTS) is 1. The van der Waals surface area contributed by atoms with Gasteiger partial charge in [0.05, 0.1) is 12.0 Å². The molecule has 0 bridgehead atoms. The number of Topliss-reactive ketones (excluding diaryl/α,β-unsaturated/α-hetero) is 1. The van der Waals surface area contributed by atoms with Crippen molar-refractivity contribution in [1.29, 1.82) is 0 Å². The molecular weight excluding hydrogens is 390 g/mol. The first-order valence-electron chi connectivity index (χ1n) is 10.1. The highest BCUT2D eigenvalue weighted by molar-refractivity contribution is 5.93. The number of aromatic nitrogens is 1. The van der Waals surface area contributed by atoms with Crippen LogP contribution in [0.2, 0.25) is 0 Å². The third kappa shape index (κ3) is 11.2. The van der Waals surface area contributed by atoms with Gasteiger partial charge < -0.3 is 5.11 Å². The molecule has 0 aliphatic carbocycles. The summed E-state index contributed by atoms with van der Waals surface area (Å²) in [6.45, 7) is 14.1. The number of carbonyl (C=O) groups excluding carboxylic acids is 2. The first kappa shape index (κ1) is 28.2. The average molecular weight is 429 g/mol. The summed E-state index contributed by atoms with van der Waals surface area (Å²) in [5, 5.41) is 8.71. The van der Waals surface area contributed by atoms with Gasteiger partial charge in [0, 0.05) is 17.7 Å². The Labute approximate surface area is 187 Å². The molecule has 170 valence electrons. The molecule has 1 aromatic heterocycles. The minimum absolute atomic E-state index is 0. The first-order valence-corrected chi connectivity index (χ1v) is 10.1. The Morgan fingerprint density at radius 1 is 0.806 bits per heavy atom. The van der Waals surface area contributed by atoms with Gasteiger partial charge in [-0.2, -0.15) is 0 Å². The number of ketones is 1. The van der Waals surface area contributed by atoms with Crippen LogP contribution in [0.3, 0.4) is 0 Å². The molecule has 0 amide bonds. The highest BCUT2D eigenvalue weighted by Gasteiger charge is 2.23. The molecule has 0 spiro atoms. The van der Waals surface area contributed by atoms with Crippen molar-refractivity contribution in [3.63, 3.8) is 0 Å². The Hall–Kier alpha value is -2.82. The maximum atomic E-state index is 11.8. The molecule has 1 aromatic carbocycles. The van der Waals surface area contributed by atoms with Crippen LogP contribution in [-0.2, 0) is 6.42 Å². The molecule has 2 rings (SSSR count). The summed E-state index contributed by atoms with van der Waals surface area (Å²) >= 11 is 0. The van der Waals surface area contributed by atoms with Crippen LogP contribution in [0.1, 0.15) is 93.4 Å². The van der Waals surface area contributed by atoms with Gasteiger partial charge in [0.15, 0.2) is 18.2 Å². The van der Waals surface area contributed by atoms with Crippen LogP contribution in [0, 0.1) is 10.8 Å². The number of hydrogen-bond acceptors (Lipinski definition) is 3. The van der Waals surface area contributed by atoms with E-state index < -0.39 is 5.97 Å². The second kappa shape index (κ2) is 11.5. The number of aromatic carboxylic acids is 1. The number of nitrogens with zero attached hydrogens (tertiary/aromatic N) is 1. The Kier molecular flexibility index (Phi) is 10.5. The van der Waals surface area contributed by atoms with Gasteiger partial charge in [-0.1, -0.05) is 61.1 Å². The van der Waals surface area contributed by atoms with Gasteiger partial charge >= 0.3 is 11.9 Å². The Morgan fingerprint density at radius 2 is 1.29 bits per heavy atom. The molecule has 5 nitrogen and oxygen atoms in total. The standard InChI is InChI=1S/C13H18NO2.C12H16O2.CH4/c1-10(15)11-5-7-14(8-6-11)12(16)9-13(2,3)4;1-12(2,3)8-9-4-6-10(7-5-9)11(13)14;/h5-8H,9H2,1-4H3;4-7H,8H2,1-3H3,(H,13,14);1H4/q+1;;. The van der Waals surface area contributed by atoms with E-state index >= 15 is 0 Å². The highest BCUT2D eigenvalue weighted by atomic mass is 16.4. The second-order valence-corrected chi connectivity index (χ2v) is 9.92. The number of hydrogen-bond donors (Lipinski definition) is 1. The maximum Gasteiger partial charge on any atom is 0.392 e. The lowest BCUT2D eigenvalue weighted by molar-refractivity contribution is -0.575. The highest BCUT2D eigenvalue weighted by Crippen LogP contribution is 2.20. The number of carboxylic acids is 1. The van der Waals surface area contributed by atoms with Crippen molar-refractivity contribution in [2.24, 2.45) is 10.8 Å². The Morgan fingerprint density at radius 3 is 1.65 bits per heavy atom. The fraction of sp³-hybridized carbons (Fsp3) is 0.462. The SMILES string of the molecule is C.CC(=O)c1cc[n+](C(=O)CC(C)(C)C)cc1.CC(C)(C)Cc1ccc(C(=O)O)cc1. The Balaban J connectivity index is 0.000000567. The quantitative estimate of drug-likeness (QED) is 0.489. The second-order valence-electron chi connectivity index (χ2n) is 9.92. The molecule has 0 fully saturated rings. The lowest BCUT2D eigenvalue weighted by atomic mass is 9.88. The van der Waals surface area contributed by atoms with Crippen molar-refractivity contribution >= 4 is 17.7 Å². The van der Waals surface area contributed by atoms with Crippen LogP contribution in [0.25, 0.3) is 0 Å². The van der Waals surface area contributed by atoms with Gasteiger partial charge in [-0.05, 0) is 41.9 Å². The van der Waals surface area contributed by atoms with Crippen molar-refractivity contribution in [2.45, 2.75) is 68.7 Å². The lowest BCUT2D eigenvalue weighted by Crippen LogP contribution is -2.43. The Bertz CT molecular complexity index is 868. The van der Waals surface area contributed by atoms with E-state index in [0.717, 1.165) is 6.42 Å². The fourth-order valence-electron chi connectivity index (χ4n) is 2.75. The van der Waals surface area contributed by atoms with Crippen LogP contribution < -0.4 is 4.57 Å². The lowest BCUT2D eigenvalue weighted by Gasteiger charge is -2.17. The molecular formula is C26H38NO4+. The van der Waals surface area contributed by atoms with Gasteiger partial charge in [0.2, 0.25) is 0 Å². The number of carbonyl (C=O) groups is 3. The van der Waals surface area contributed by atoms with E-state index in [0.29, 0.717) is 17.5 Å². The molecule has 31 heavy (non-hydrogen) atoms. The predicted octanol–water partition coefficient (Wildman–Crippen LogP) is 5.86. The minimum Gasteiger partial charge on any atom is -0.478 e. The summed E-state index contributed by atoms with van der Waals surface area (Å²) in [5.74, 6) is -0.815. The van der Waals surface area contributed by atoms with Gasteiger partial charge in [-0.15, -0.1) is 4.57 Å². The summed E-state index contributed by atoms with van der Waals surface area (Å²) < 4.78 is 1.53. The molecule has 0 aliphatic heterocycles. The predicted molar refractivity (Wildman–Crippen MR) is 125 cm³/mol. The van der Waals surface area contributed by atoms with E-state index in [1.54, 1.807) is 36.7 Å². The van der Waals surface area contributed by atoms with E-state index in [4.69, 9.17) is 5.11 Å². The van der Waals surface area contributed by atoms with Crippen LogP contribution >= 0.6 is 0 Å². The molecule has 0 aliphatic rings. The summed E-state index contributed by atoms with van der Waals surface area (Å²) in [5.41, 5.74) is 2.37. The van der Waals surface area contributed by atoms with Gasteiger partial charge in [-0.25, -0.2) is 9.59 Å². The number of pyridine rings is 1. The maximum absolute atomic E-state index is 11.8. The zero-order valence-electron chi connectivity index (χ0n) is 19.2. The molecule has 1 N–H and O–H groups in total. The van der Waals surface area contributed by atoms with Crippen LogP contribution in [0.15, 0.2) is 48.8 Å². The van der Waals surface area contributed by atoms with Crippen molar-refractivity contribution in [3.8, 4) is 0 Å². The topological polar surface area (TPSA) is 75.3 Å². The molecule has 0 saturated heterocycles. The molecule has 5 heteroatoms. The zero-order chi connectivity index (χ0) is 23.1. The molecule has 0 radical (unpaired) electrons. The molecule has 1 heterocycles. The van der Waals surface area contributed by atoms with E-state index in [1.807, 2.05) is 32.9 Å². The van der Waals surface area contributed by atoms with Crippen LogP contribution in [0.4, 0.5) is 0 Å².